The smallest absolute Gasteiger partial charge is 0.0640 e. The molecule has 14 heavy (non-hydrogen) atoms. The van der Waals surface area contributed by atoms with Crippen LogP contribution in [0.15, 0.2) is 18.2 Å². The van der Waals surface area contributed by atoms with E-state index >= 15 is 0 Å². The third-order valence-corrected chi connectivity index (χ3v) is 2.47. The molecule has 0 aromatic heterocycles. The van der Waals surface area contributed by atoms with Crippen molar-refractivity contribution in [2.45, 2.75) is 27.2 Å². The molecule has 0 aliphatic heterocycles. The molecule has 0 fully saturated rings. The molecule has 0 aliphatic carbocycles. The van der Waals surface area contributed by atoms with Crippen molar-refractivity contribution in [3.63, 3.8) is 0 Å². The largest absolute Gasteiger partial charge is 0.384 e. The van der Waals surface area contributed by atoms with Crippen LogP contribution in [0, 0.1) is 12.8 Å². The van der Waals surface area contributed by atoms with Gasteiger partial charge in [0.2, 0.25) is 0 Å². The van der Waals surface area contributed by atoms with E-state index in [4.69, 9.17) is 11.6 Å². The Kier molecular flexibility index (Phi) is 4.27. The molecule has 0 saturated carbocycles. The molecule has 78 valence electrons. The Morgan fingerprint density at radius 2 is 2.07 bits per heavy atom. The molecule has 0 atom stereocenters. The number of aryl methyl sites for hydroxylation is 1. The molecule has 1 nitrogen and oxygen atoms in total. The maximum Gasteiger partial charge on any atom is 0.0640 e. The Morgan fingerprint density at radius 1 is 1.36 bits per heavy atom. The van der Waals surface area contributed by atoms with Gasteiger partial charge >= 0.3 is 0 Å². The highest BCUT2D eigenvalue weighted by atomic mass is 35.5. The predicted molar refractivity (Wildman–Crippen MR) is 64.1 cm³/mol. The van der Waals surface area contributed by atoms with Gasteiger partial charge in [-0.2, -0.15) is 0 Å². The van der Waals surface area contributed by atoms with Crippen molar-refractivity contribution in [1.82, 2.24) is 0 Å². The van der Waals surface area contributed by atoms with Crippen LogP contribution < -0.4 is 5.32 Å². The van der Waals surface area contributed by atoms with Gasteiger partial charge in [-0.3, -0.25) is 0 Å². The molecule has 2 heteroatoms. The number of hydrogen-bond donors (Lipinski definition) is 1. The first kappa shape index (κ1) is 11.4. The first-order valence-corrected chi connectivity index (χ1v) is 5.47. The SMILES string of the molecule is Cc1ccc(NCCC(C)C)c(Cl)c1. The van der Waals surface area contributed by atoms with Crippen LogP contribution >= 0.6 is 11.6 Å². The average molecular weight is 212 g/mol. The van der Waals surface area contributed by atoms with E-state index in [-0.39, 0.29) is 0 Å². The maximum absolute atomic E-state index is 6.08. The van der Waals surface area contributed by atoms with Crippen molar-refractivity contribution in [3.05, 3.63) is 28.8 Å². The van der Waals surface area contributed by atoms with Gasteiger partial charge in [0.15, 0.2) is 0 Å². The lowest BCUT2D eigenvalue weighted by Gasteiger charge is -2.10. The summed E-state index contributed by atoms with van der Waals surface area (Å²) in [5.74, 6) is 0.728. The number of nitrogens with one attached hydrogen (secondary N) is 1. The summed E-state index contributed by atoms with van der Waals surface area (Å²) in [4.78, 5) is 0. The predicted octanol–water partition coefficient (Wildman–Crippen LogP) is 4.11. The lowest BCUT2D eigenvalue weighted by atomic mass is 10.1. The normalized spacial score (nSPS) is 10.6. The molecular formula is C12H18ClN. The summed E-state index contributed by atoms with van der Waals surface area (Å²) >= 11 is 6.08. The summed E-state index contributed by atoms with van der Waals surface area (Å²) < 4.78 is 0. The topological polar surface area (TPSA) is 12.0 Å². The fourth-order valence-electron chi connectivity index (χ4n) is 1.26. The molecule has 1 aromatic rings. The van der Waals surface area contributed by atoms with Crippen LogP contribution in [0.1, 0.15) is 25.8 Å². The third-order valence-electron chi connectivity index (χ3n) is 2.16. The highest BCUT2D eigenvalue weighted by Crippen LogP contribution is 2.22. The van der Waals surface area contributed by atoms with Crippen molar-refractivity contribution in [2.24, 2.45) is 5.92 Å². The molecule has 0 heterocycles. The van der Waals surface area contributed by atoms with Crippen molar-refractivity contribution in [1.29, 1.82) is 0 Å². The minimum Gasteiger partial charge on any atom is -0.384 e. The summed E-state index contributed by atoms with van der Waals surface area (Å²) in [5, 5.41) is 4.15. The molecule has 0 saturated heterocycles. The van der Waals surface area contributed by atoms with Crippen LogP contribution in [0.3, 0.4) is 0 Å². The second-order valence-corrected chi connectivity index (χ2v) is 4.50. The zero-order valence-corrected chi connectivity index (χ0v) is 9.86. The fraction of sp³-hybridized carbons (Fsp3) is 0.500. The third kappa shape index (κ3) is 3.59. The molecule has 1 N–H and O–H groups in total. The molecule has 0 bridgehead atoms. The maximum atomic E-state index is 6.08. The second-order valence-electron chi connectivity index (χ2n) is 4.09. The molecule has 0 spiro atoms. The summed E-state index contributed by atoms with van der Waals surface area (Å²) in [6.07, 6.45) is 1.17. The van der Waals surface area contributed by atoms with E-state index in [0.717, 1.165) is 23.2 Å². The summed E-state index contributed by atoms with van der Waals surface area (Å²) in [6.45, 7) is 7.47. The van der Waals surface area contributed by atoms with E-state index in [1.807, 2.05) is 19.1 Å². The quantitative estimate of drug-likeness (QED) is 0.791. The summed E-state index contributed by atoms with van der Waals surface area (Å²) in [6, 6.07) is 6.10. The second kappa shape index (κ2) is 5.26. The Hall–Kier alpha value is -0.690. The van der Waals surface area contributed by atoms with Gasteiger partial charge in [0, 0.05) is 6.54 Å². The molecule has 0 amide bonds. The number of halogens is 1. The van der Waals surface area contributed by atoms with Crippen LogP contribution in [0.2, 0.25) is 5.02 Å². The van der Waals surface area contributed by atoms with Crippen molar-refractivity contribution >= 4 is 17.3 Å². The first-order chi connectivity index (χ1) is 6.59. The Balaban J connectivity index is 2.51. The standard InChI is InChI=1S/C12H18ClN/c1-9(2)6-7-14-12-5-4-10(3)8-11(12)13/h4-5,8-9,14H,6-7H2,1-3H3. The van der Waals surface area contributed by atoms with Gasteiger partial charge in [-0.05, 0) is 37.0 Å². The van der Waals surface area contributed by atoms with E-state index in [2.05, 4.69) is 25.2 Å². The number of hydrogen-bond acceptors (Lipinski definition) is 1. The number of benzene rings is 1. The zero-order chi connectivity index (χ0) is 10.6. The van der Waals surface area contributed by atoms with Gasteiger partial charge in [0.05, 0.1) is 10.7 Å². The van der Waals surface area contributed by atoms with E-state index in [1.54, 1.807) is 0 Å². The monoisotopic (exact) mass is 211 g/mol. The minimum absolute atomic E-state index is 0.728. The van der Waals surface area contributed by atoms with E-state index < -0.39 is 0 Å². The first-order valence-electron chi connectivity index (χ1n) is 5.09. The van der Waals surface area contributed by atoms with Crippen molar-refractivity contribution in [3.8, 4) is 0 Å². The zero-order valence-electron chi connectivity index (χ0n) is 9.10. The Labute approximate surface area is 91.5 Å². The van der Waals surface area contributed by atoms with E-state index in [0.29, 0.717) is 0 Å². The lowest BCUT2D eigenvalue weighted by molar-refractivity contribution is 0.607. The minimum atomic E-state index is 0.728. The lowest BCUT2D eigenvalue weighted by Crippen LogP contribution is -2.05. The highest BCUT2D eigenvalue weighted by Gasteiger charge is 1.99. The Bertz CT molecular complexity index is 294. The molecule has 1 aromatic carbocycles. The number of anilines is 1. The van der Waals surface area contributed by atoms with Crippen LogP contribution in [0.5, 0.6) is 0 Å². The molecule has 0 aliphatic rings. The Morgan fingerprint density at radius 3 is 2.64 bits per heavy atom. The summed E-state index contributed by atoms with van der Waals surface area (Å²) in [5.41, 5.74) is 2.24. The highest BCUT2D eigenvalue weighted by molar-refractivity contribution is 6.33. The summed E-state index contributed by atoms with van der Waals surface area (Å²) in [7, 11) is 0. The van der Waals surface area contributed by atoms with E-state index in [1.165, 1.54) is 12.0 Å². The molecular weight excluding hydrogens is 194 g/mol. The van der Waals surface area contributed by atoms with Gasteiger partial charge in [-0.15, -0.1) is 0 Å². The van der Waals surface area contributed by atoms with Gasteiger partial charge in [0.25, 0.3) is 0 Å². The van der Waals surface area contributed by atoms with Gasteiger partial charge < -0.3 is 5.32 Å². The van der Waals surface area contributed by atoms with Crippen molar-refractivity contribution in [2.75, 3.05) is 11.9 Å². The van der Waals surface area contributed by atoms with Gasteiger partial charge in [-0.1, -0.05) is 31.5 Å². The molecule has 0 unspecified atom stereocenters. The van der Waals surface area contributed by atoms with Gasteiger partial charge in [0.1, 0.15) is 0 Å². The van der Waals surface area contributed by atoms with Crippen LogP contribution in [-0.2, 0) is 0 Å². The van der Waals surface area contributed by atoms with E-state index in [9.17, 15) is 0 Å². The molecule has 1 rings (SSSR count). The van der Waals surface area contributed by atoms with Gasteiger partial charge in [-0.25, -0.2) is 0 Å². The fourth-order valence-corrected chi connectivity index (χ4v) is 1.56. The number of rotatable bonds is 4. The average Bonchev–Trinajstić information content (AvgIpc) is 2.08. The van der Waals surface area contributed by atoms with Crippen LogP contribution in [-0.4, -0.2) is 6.54 Å². The molecule has 0 radical (unpaired) electrons. The van der Waals surface area contributed by atoms with Crippen molar-refractivity contribution < 1.29 is 0 Å². The van der Waals surface area contributed by atoms with Crippen LogP contribution in [0.4, 0.5) is 5.69 Å². The van der Waals surface area contributed by atoms with Crippen LogP contribution in [0.25, 0.3) is 0 Å².